The standard InChI is InChI=1S/C15H10N2O2Se/c16-11-15(20-14-4-2-1-3-5-14)10-12-6-8-13(9-7-12)17(18)19/h1-10H/b15-10+. The molecule has 4 nitrogen and oxygen atoms in total. The number of nitro groups is 1. The van der Waals surface area contributed by atoms with E-state index in [4.69, 9.17) is 0 Å². The third-order valence-corrected chi connectivity index (χ3v) is 4.45. The zero-order valence-corrected chi connectivity index (χ0v) is 12.1. The van der Waals surface area contributed by atoms with E-state index in [1.54, 1.807) is 18.2 Å². The maximum atomic E-state index is 10.6. The fourth-order valence-corrected chi connectivity index (χ4v) is 3.20. The predicted molar refractivity (Wildman–Crippen MR) is 78.5 cm³/mol. The van der Waals surface area contributed by atoms with E-state index in [0.29, 0.717) is 4.47 Å². The number of benzene rings is 2. The van der Waals surface area contributed by atoms with Gasteiger partial charge in [-0.15, -0.1) is 0 Å². The Kier molecular flexibility index (Phi) is 4.67. The SMILES string of the molecule is N#C/C(=C\c1ccc([N+](=O)[O-])cc1)[Se]c1ccccc1. The monoisotopic (exact) mass is 330 g/mol. The van der Waals surface area contributed by atoms with Crippen molar-refractivity contribution in [3.05, 3.63) is 74.7 Å². The van der Waals surface area contributed by atoms with Crippen molar-refractivity contribution >= 4 is 31.2 Å². The summed E-state index contributed by atoms with van der Waals surface area (Å²) in [5.74, 6) is 0. The molecule has 0 N–H and O–H groups in total. The van der Waals surface area contributed by atoms with Gasteiger partial charge in [0.15, 0.2) is 0 Å². The van der Waals surface area contributed by atoms with Gasteiger partial charge >= 0.3 is 122 Å². The van der Waals surface area contributed by atoms with Crippen LogP contribution in [0.4, 0.5) is 5.69 Å². The van der Waals surface area contributed by atoms with Crippen LogP contribution in [0.1, 0.15) is 5.56 Å². The average Bonchev–Trinajstić information content (AvgIpc) is 2.48. The fourth-order valence-electron chi connectivity index (χ4n) is 1.54. The molecule has 0 saturated heterocycles. The molecule has 2 rings (SSSR count). The molecule has 0 atom stereocenters. The summed E-state index contributed by atoms with van der Waals surface area (Å²) in [5, 5.41) is 19.8. The fraction of sp³-hybridized carbons (Fsp3) is 0. The van der Waals surface area contributed by atoms with Gasteiger partial charge in [0.1, 0.15) is 0 Å². The molecule has 98 valence electrons. The minimum absolute atomic E-state index is 0.0502. The molecule has 2 aromatic rings. The molecule has 5 heteroatoms. The first-order chi connectivity index (χ1) is 9.69. The molecule has 0 aromatic heterocycles. The Bertz CT molecular complexity index is 673. The van der Waals surface area contributed by atoms with E-state index in [1.165, 1.54) is 12.1 Å². The van der Waals surface area contributed by atoms with Crippen molar-refractivity contribution in [1.82, 2.24) is 0 Å². The number of allylic oxidation sites excluding steroid dienone is 1. The van der Waals surface area contributed by atoms with E-state index in [-0.39, 0.29) is 20.6 Å². The van der Waals surface area contributed by atoms with Gasteiger partial charge in [-0.2, -0.15) is 0 Å². The number of rotatable bonds is 4. The molecule has 2 aromatic carbocycles. The molecule has 20 heavy (non-hydrogen) atoms. The number of nitriles is 1. The molecular weight excluding hydrogens is 319 g/mol. The van der Waals surface area contributed by atoms with Crippen LogP contribution in [-0.2, 0) is 0 Å². The number of non-ortho nitro benzene ring substituents is 1. The molecule has 0 bridgehead atoms. The zero-order chi connectivity index (χ0) is 14.4. The van der Waals surface area contributed by atoms with Crippen molar-refractivity contribution in [2.75, 3.05) is 0 Å². The van der Waals surface area contributed by atoms with Crippen molar-refractivity contribution in [1.29, 1.82) is 5.26 Å². The van der Waals surface area contributed by atoms with E-state index >= 15 is 0 Å². The third kappa shape index (κ3) is 3.79. The molecule has 0 fully saturated rings. The van der Waals surface area contributed by atoms with Gasteiger partial charge in [-0.1, -0.05) is 0 Å². The summed E-state index contributed by atoms with van der Waals surface area (Å²) in [4.78, 5) is 10.1. The topological polar surface area (TPSA) is 66.9 Å². The minimum atomic E-state index is -0.438. The van der Waals surface area contributed by atoms with E-state index in [9.17, 15) is 15.4 Å². The normalized spacial score (nSPS) is 10.8. The Balaban J connectivity index is 2.19. The summed E-state index contributed by atoms with van der Waals surface area (Å²) in [7, 11) is 0. The van der Waals surface area contributed by atoms with E-state index in [0.717, 1.165) is 10.0 Å². The van der Waals surface area contributed by atoms with Crippen molar-refractivity contribution in [3.63, 3.8) is 0 Å². The van der Waals surface area contributed by atoms with Crippen LogP contribution in [0, 0.1) is 21.4 Å². The Morgan fingerprint density at radius 2 is 1.80 bits per heavy atom. The van der Waals surface area contributed by atoms with Crippen LogP contribution in [0.15, 0.2) is 59.1 Å². The summed E-state index contributed by atoms with van der Waals surface area (Å²) < 4.78 is 1.80. The van der Waals surface area contributed by atoms with Crippen LogP contribution in [0.25, 0.3) is 6.08 Å². The first-order valence-electron chi connectivity index (χ1n) is 5.78. The zero-order valence-electron chi connectivity index (χ0n) is 10.4. The Hall–Kier alpha value is -2.41. The van der Waals surface area contributed by atoms with E-state index < -0.39 is 4.92 Å². The van der Waals surface area contributed by atoms with Crippen LogP contribution in [0.5, 0.6) is 0 Å². The second-order valence-electron chi connectivity index (χ2n) is 3.88. The molecule has 0 heterocycles. The van der Waals surface area contributed by atoms with Crippen LogP contribution in [-0.4, -0.2) is 19.9 Å². The van der Waals surface area contributed by atoms with Gasteiger partial charge in [-0.3, -0.25) is 0 Å². The summed E-state index contributed by atoms with van der Waals surface area (Å²) in [6.07, 6.45) is 1.77. The Morgan fingerprint density at radius 3 is 2.35 bits per heavy atom. The molecule has 0 saturated carbocycles. The number of nitro benzene ring substituents is 1. The second kappa shape index (κ2) is 6.67. The second-order valence-corrected chi connectivity index (χ2v) is 6.22. The molecule has 0 unspecified atom stereocenters. The maximum absolute atomic E-state index is 10.6. The van der Waals surface area contributed by atoms with Gasteiger partial charge in [0.2, 0.25) is 0 Å². The number of hydrogen-bond donors (Lipinski definition) is 0. The average molecular weight is 329 g/mol. The molecule has 0 aliphatic carbocycles. The van der Waals surface area contributed by atoms with Gasteiger partial charge < -0.3 is 0 Å². The summed E-state index contributed by atoms with van der Waals surface area (Å²) >= 11 is -0.0578. The predicted octanol–water partition coefficient (Wildman–Crippen LogP) is 2.49. The van der Waals surface area contributed by atoms with Gasteiger partial charge in [0, 0.05) is 0 Å². The van der Waals surface area contributed by atoms with Crippen molar-refractivity contribution in [2.45, 2.75) is 0 Å². The van der Waals surface area contributed by atoms with Gasteiger partial charge in [-0.25, -0.2) is 0 Å². The molecular formula is C15H10N2O2Se. The first-order valence-corrected chi connectivity index (χ1v) is 7.49. The van der Waals surface area contributed by atoms with Gasteiger partial charge in [0.05, 0.1) is 0 Å². The van der Waals surface area contributed by atoms with Gasteiger partial charge in [0.25, 0.3) is 0 Å². The molecule has 0 radical (unpaired) electrons. The van der Waals surface area contributed by atoms with Crippen molar-refractivity contribution < 1.29 is 4.92 Å². The quantitative estimate of drug-likeness (QED) is 0.375. The van der Waals surface area contributed by atoms with E-state index in [2.05, 4.69) is 6.07 Å². The third-order valence-electron chi connectivity index (χ3n) is 2.48. The summed E-state index contributed by atoms with van der Waals surface area (Å²) in [6, 6.07) is 18.2. The van der Waals surface area contributed by atoms with Crippen LogP contribution >= 0.6 is 0 Å². The molecule has 0 amide bonds. The van der Waals surface area contributed by atoms with E-state index in [1.807, 2.05) is 30.3 Å². The first kappa shape index (κ1) is 14.0. The van der Waals surface area contributed by atoms with Crippen LogP contribution in [0.3, 0.4) is 0 Å². The molecule has 0 spiro atoms. The molecule has 0 aliphatic rings. The molecule has 0 aliphatic heterocycles. The van der Waals surface area contributed by atoms with Crippen molar-refractivity contribution in [3.8, 4) is 6.07 Å². The summed E-state index contributed by atoms with van der Waals surface area (Å²) in [5.41, 5.74) is 0.846. The Labute approximate surface area is 122 Å². The number of hydrogen-bond acceptors (Lipinski definition) is 3. The van der Waals surface area contributed by atoms with Crippen LogP contribution < -0.4 is 4.46 Å². The Morgan fingerprint density at radius 1 is 1.15 bits per heavy atom. The van der Waals surface area contributed by atoms with Crippen LogP contribution in [0.2, 0.25) is 0 Å². The number of nitrogens with zero attached hydrogens (tertiary/aromatic N) is 2. The van der Waals surface area contributed by atoms with Crippen molar-refractivity contribution in [2.24, 2.45) is 0 Å². The summed E-state index contributed by atoms with van der Waals surface area (Å²) in [6.45, 7) is 0. The van der Waals surface area contributed by atoms with Gasteiger partial charge in [-0.05, 0) is 0 Å².